The van der Waals surface area contributed by atoms with Gasteiger partial charge in [-0.1, -0.05) is 66.4 Å². The zero-order valence-electron chi connectivity index (χ0n) is 13.2. The lowest BCUT2D eigenvalue weighted by Gasteiger charge is -2.23. The van der Waals surface area contributed by atoms with Gasteiger partial charge in [0.25, 0.3) is 5.91 Å². The van der Waals surface area contributed by atoms with Gasteiger partial charge in [-0.05, 0) is 36.2 Å². The molecule has 3 aromatic carbocycles. The van der Waals surface area contributed by atoms with E-state index < -0.39 is 0 Å². The number of carbonyl (C=O) groups is 1. The summed E-state index contributed by atoms with van der Waals surface area (Å²) in [4.78, 5) is 17.2. The van der Waals surface area contributed by atoms with Gasteiger partial charge < -0.3 is 4.90 Å². The van der Waals surface area contributed by atoms with Crippen molar-refractivity contribution in [1.82, 2.24) is 0 Å². The number of nitrogens with zero attached hydrogens (tertiary/aromatic N) is 1. The Morgan fingerprint density at radius 2 is 1.42 bits per heavy atom. The van der Waals surface area contributed by atoms with Gasteiger partial charge >= 0.3 is 0 Å². The molecule has 1 heterocycles. The molecule has 0 fully saturated rings. The van der Waals surface area contributed by atoms with E-state index in [1.54, 1.807) is 11.8 Å². The zero-order chi connectivity index (χ0) is 16.4. The number of fused-ring (bicyclic) bond motifs is 2. The van der Waals surface area contributed by atoms with Gasteiger partial charge in [0.15, 0.2) is 0 Å². The van der Waals surface area contributed by atoms with Gasteiger partial charge in [-0.25, -0.2) is 0 Å². The maximum atomic E-state index is 13.1. The summed E-state index contributed by atoms with van der Waals surface area (Å²) in [6.45, 7) is 0.675. The van der Waals surface area contributed by atoms with Gasteiger partial charge in [-0.3, -0.25) is 4.79 Å². The molecule has 0 atom stereocenters. The quantitative estimate of drug-likeness (QED) is 0.670. The number of anilines is 1. The van der Waals surface area contributed by atoms with E-state index in [2.05, 4.69) is 18.2 Å². The highest BCUT2D eigenvalue weighted by atomic mass is 32.2. The van der Waals surface area contributed by atoms with Crippen LogP contribution in [0.1, 0.15) is 15.9 Å². The van der Waals surface area contributed by atoms with Crippen LogP contribution in [-0.2, 0) is 6.42 Å². The Morgan fingerprint density at radius 1 is 0.750 bits per heavy atom. The Kier molecular flexibility index (Phi) is 4.09. The molecule has 3 heteroatoms. The van der Waals surface area contributed by atoms with Crippen LogP contribution in [0, 0.1) is 0 Å². The molecule has 24 heavy (non-hydrogen) atoms. The second-order valence-corrected chi connectivity index (χ2v) is 6.84. The van der Waals surface area contributed by atoms with E-state index in [4.69, 9.17) is 0 Å². The van der Waals surface area contributed by atoms with Gasteiger partial charge in [-0.2, -0.15) is 0 Å². The molecule has 118 valence electrons. The average molecular weight is 331 g/mol. The molecule has 0 radical (unpaired) electrons. The van der Waals surface area contributed by atoms with Gasteiger partial charge in [0, 0.05) is 16.3 Å². The highest BCUT2D eigenvalue weighted by Crippen LogP contribution is 2.41. The first-order chi connectivity index (χ1) is 11.8. The Hall–Kier alpha value is -2.52. The Morgan fingerprint density at radius 3 is 2.25 bits per heavy atom. The first kappa shape index (κ1) is 15.0. The molecule has 0 bridgehead atoms. The van der Waals surface area contributed by atoms with E-state index in [1.807, 2.05) is 65.6 Å². The fraction of sp³-hybridized carbons (Fsp3) is 0.0952. The van der Waals surface area contributed by atoms with Gasteiger partial charge in [0.1, 0.15) is 0 Å². The first-order valence-corrected chi connectivity index (χ1v) is 8.86. The lowest BCUT2D eigenvalue weighted by Crippen LogP contribution is -2.32. The van der Waals surface area contributed by atoms with Crippen LogP contribution in [0.5, 0.6) is 0 Å². The molecule has 1 aliphatic rings. The van der Waals surface area contributed by atoms with E-state index in [1.165, 1.54) is 5.56 Å². The van der Waals surface area contributed by atoms with Gasteiger partial charge in [-0.15, -0.1) is 0 Å². The summed E-state index contributed by atoms with van der Waals surface area (Å²) >= 11 is 1.67. The molecular formula is C21H17NOS. The lowest BCUT2D eigenvalue weighted by atomic mass is 10.1. The maximum Gasteiger partial charge on any atom is 0.259 e. The molecule has 0 aromatic heterocycles. The predicted molar refractivity (Wildman–Crippen MR) is 98.8 cm³/mol. The molecule has 2 nitrogen and oxygen atoms in total. The van der Waals surface area contributed by atoms with Crippen molar-refractivity contribution in [2.75, 3.05) is 11.4 Å². The number of rotatable bonds is 3. The first-order valence-electron chi connectivity index (χ1n) is 8.04. The minimum Gasteiger partial charge on any atom is -0.307 e. The maximum absolute atomic E-state index is 13.1. The summed E-state index contributed by atoms with van der Waals surface area (Å²) in [5.74, 6) is 0.0824. The molecule has 0 spiro atoms. The van der Waals surface area contributed by atoms with E-state index in [-0.39, 0.29) is 5.91 Å². The van der Waals surface area contributed by atoms with Crippen molar-refractivity contribution in [3.05, 3.63) is 90.0 Å². The molecule has 1 aliphatic heterocycles. The van der Waals surface area contributed by atoms with E-state index in [0.29, 0.717) is 6.54 Å². The number of benzene rings is 3. The van der Waals surface area contributed by atoms with Crippen LogP contribution < -0.4 is 4.90 Å². The summed E-state index contributed by atoms with van der Waals surface area (Å²) in [7, 11) is 0. The fourth-order valence-electron chi connectivity index (χ4n) is 2.98. The third-order valence-electron chi connectivity index (χ3n) is 4.21. The lowest BCUT2D eigenvalue weighted by molar-refractivity contribution is 0.0984. The van der Waals surface area contributed by atoms with E-state index >= 15 is 0 Å². The van der Waals surface area contributed by atoms with Gasteiger partial charge in [0.2, 0.25) is 0 Å². The topological polar surface area (TPSA) is 20.3 Å². The predicted octanol–water partition coefficient (Wildman–Crippen LogP) is 5.04. The standard InChI is InChI=1S/C21H17NOS/c23-21-17-10-4-6-12-19(17)24-20-13-7-5-11-18(20)22(21)15-14-16-8-2-1-3-9-16/h1-13H,14-15H2. The summed E-state index contributed by atoms with van der Waals surface area (Å²) in [6, 6.07) is 26.3. The fourth-order valence-corrected chi connectivity index (χ4v) is 4.06. The van der Waals surface area contributed by atoms with Crippen molar-refractivity contribution in [3.63, 3.8) is 0 Å². The molecule has 4 rings (SSSR count). The summed E-state index contributed by atoms with van der Waals surface area (Å²) in [6.07, 6.45) is 0.841. The molecule has 3 aromatic rings. The third-order valence-corrected chi connectivity index (χ3v) is 5.35. The van der Waals surface area contributed by atoms with Crippen LogP contribution in [0.3, 0.4) is 0 Å². The molecule has 0 unspecified atom stereocenters. The number of hydrogen-bond acceptors (Lipinski definition) is 2. The Labute approximate surface area is 146 Å². The van der Waals surface area contributed by atoms with Crippen LogP contribution >= 0.6 is 11.8 Å². The van der Waals surface area contributed by atoms with Crippen LogP contribution in [0.15, 0.2) is 88.7 Å². The number of hydrogen-bond donors (Lipinski definition) is 0. The minimum atomic E-state index is 0.0824. The highest BCUT2D eigenvalue weighted by molar-refractivity contribution is 7.99. The number of amides is 1. The second kappa shape index (κ2) is 6.54. The van der Waals surface area contributed by atoms with Crippen LogP contribution in [0.4, 0.5) is 5.69 Å². The largest absolute Gasteiger partial charge is 0.307 e. The van der Waals surface area contributed by atoms with Crippen LogP contribution in [0.25, 0.3) is 0 Å². The van der Waals surface area contributed by atoms with Crippen molar-refractivity contribution in [2.45, 2.75) is 16.2 Å². The molecular weight excluding hydrogens is 314 g/mol. The van der Waals surface area contributed by atoms with Crippen LogP contribution in [0.2, 0.25) is 0 Å². The molecule has 0 aliphatic carbocycles. The molecule has 0 saturated heterocycles. The second-order valence-electron chi connectivity index (χ2n) is 5.76. The average Bonchev–Trinajstić information content (AvgIpc) is 2.75. The summed E-state index contributed by atoms with van der Waals surface area (Å²) in [5.41, 5.74) is 3.03. The van der Waals surface area contributed by atoms with Crippen molar-refractivity contribution in [3.8, 4) is 0 Å². The summed E-state index contributed by atoms with van der Waals surface area (Å²) < 4.78 is 0. The normalized spacial score (nSPS) is 13.2. The highest BCUT2D eigenvalue weighted by Gasteiger charge is 2.26. The van der Waals surface area contributed by atoms with Crippen molar-refractivity contribution in [1.29, 1.82) is 0 Å². The Balaban J connectivity index is 1.72. The van der Waals surface area contributed by atoms with Crippen molar-refractivity contribution in [2.24, 2.45) is 0 Å². The minimum absolute atomic E-state index is 0.0824. The van der Waals surface area contributed by atoms with E-state index in [0.717, 1.165) is 27.5 Å². The van der Waals surface area contributed by atoms with Crippen molar-refractivity contribution >= 4 is 23.4 Å². The summed E-state index contributed by atoms with van der Waals surface area (Å²) in [5, 5.41) is 0. The van der Waals surface area contributed by atoms with Gasteiger partial charge in [0.05, 0.1) is 11.3 Å². The number of para-hydroxylation sites is 1. The Bertz CT molecular complexity index is 876. The SMILES string of the molecule is O=C1c2ccccc2Sc2ccccc2N1CCc1ccccc1. The molecule has 0 N–H and O–H groups in total. The smallest absolute Gasteiger partial charge is 0.259 e. The van der Waals surface area contributed by atoms with E-state index in [9.17, 15) is 4.79 Å². The molecule has 0 saturated carbocycles. The van der Waals surface area contributed by atoms with Crippen LogP contribution in [-0.4, -0.2) is 12.5 Å². The monoisotopic (exact) mass is 331 g/mol. The number of carbonyl (C=O) groups excluding carboxylic acids is 1. The van der Waals surface area contributed by atoms with Crippen molar-refractivity contribution < 1.29 is 4.79 Å². The molecule has 1 amide bonds. The zero-order valence-corrected chi connectivity index (χ0v) is 14.0. The third kappa shape index (κ3) is 2.83.